The number of nitrogen functional groups attached to an aromatic ring is 1. The number of ether oxygens (including phenoxy) is 1. The molecule has 0 bridgehead atoms. The lowest BCUT2D eigenvalue weighted by molar-refractivity contribution is -0.144. The van der Waals surface area contributed by atoms with Crippen LogP contribution in [0.25, 0.3) is 0 Å². The topological polar surface area (TPSA) is 119 Å². The zero-order chi connectivity index (χ0) is 13.0. The van der Waals surface area contributed by atoms with Crippen molar-refractivity contribution in [3.05, 3.63) is 17.0 Å². The molecular weight excluding hydrogens is 250 g/mol. The number of nitrogens with zero attached hydrogens (tertiary/aromatic N) is 2. The summed E-state index contributed by atoms with van der Waals surface area (Å²) in [6.45, 7) is 0. The van der Waals surface area contributed by atoms with E-state index in [2.05, 4.69) is 14.7 Å². The van der Waals surface area contributed by atoms with Crippen molar-refractivity contribution in [1.29, 1.82) is 0 Å². The summed E-state index contributed by atoms with van der Waals surface area (Å²) in [4.78, 5) is 18.3. The van der Waals surface area contributed by atoms with E-state index < -0.39 is 18.2 Å². The van der Waals surface area contributed by atoms with Gasteiger partial charge in [-0.15, -0.1) is 0 Å². The minimum Gasteiger partial charge on any atom is -0.469 e. The van der Waals surface area contributed by atoms with Crippen molar-refractivity contribution < 1.29 is 19.7 Å². The van der Waals surface area contributed by atoms with Gasteiger partial charge in [-0.25, -0.2) is 9.97 Å². The molecular formula is C9H12ClN3O4. The maximum atomic E-state index is 10.9. The van der Waals surface area contributed by atoms with E-state index in [-0.39, 0.29) is 23.1 Å². The van der Waals surface area contributed by atoms with Crippen LogP contribution in [0.1, 0.15) is 18.2 Å². The highest BCUT2D eigenvalue weighted by molar-refractivity contribution is 6.31. The Bertz CT molecular complexity index is 415. The number of aromatic nitrogens is 2. The lowest BCUT2D eigenvalue weighted by Crippen LogP contribution is -2.23. The summed E-state index contributed by atoms with van der Waals surface area (Å²) in [6, 6.07) is 0. The zero-order valence-electron chi connectivity index (χ0n) is 9.00. The molecule has 0 aromatic carbocycles. The van der Waals surface area contributed by atoms with E-state index in [4.69, 9.17) is 17.3 Å². The first kappa shape index (κ1) is 13.6. The summed E-state index contributed by atoms with van der Waals surface area (Å²) in [5.41, 5.74) is 5.37. The molecule has 0 spiro atoms. The number of aliphatic hydroxyl groups excluding tert-OH is 2. The summed E-state index contributed by atoms with van der Waals surface area (Å²) in [7, 11) is 1.18. The second-order valence-corrected chi connectivity index (χ2v) is 3.62. The van der Waals surface area contributed by atoms with E-state index in [1.165, 1.54) is 13.3 Å². The SMILES string of the molecule is COC(=O)CC(O)C(O)c1cnc(N)c(Cl)n1. The number of anilines is 1. The molecule has 94 valence electrons. The third kappa shape index (κ3) is 3.52. The van der Waals surface area contributed by atoms with Gasteiger partial charge in [-0.2, -0.15) is 0 Å². The Morgan fingerprint density at radius 1 is 1.65 bits per heavy atom. The van der Waals surface area contributed by atoms with E-state index in [0.29, 0.717) is 0 Å². The Morgan fingerprint density at radius 2 is 2.29 bits per heavy atom. The summed E-state index contributed by atoms with van der Waals surface area (Å²) in [5.74, 6) is -0.629. The summed E-state index contributed by atoms with van der Waals surface area (Å²) in [5, 5.41) is 19.2. The van der Waals surface area contributed by atoms with Crippen molar-refractivity contribution in [3.63, 3.8) is 0 Å². The smallest absolute Gasteiger partial charge is 0.308 e. The van der Waals surface area contributed by atoms with Crippen molar-refractivity contribution in [2.45, 2.75) is 18.6 Å². The Labute approximate surface area is 102 Å². The Balaban J connectivity index is 2.77. The molecule has 2 unspecified atom stereocenters. The zero-order valence-corrected chi connectivity index (χ0v) is 9.76. The van der Waals surface area contributed by atoms with E-state index >= 15 is 0 Å². The number of carbonyl (C=O) groups excluding carboxylic acids is 1. The number of methoxy groups -OCH3 is 1. The molecule has 1 aromatic rings. The van der Waals surface area contributed by atoms with Crippen LogP contribution in [0, 0.1) is 0 Å². The van der Waals surface area contributed by atoms with E-state index in [9.17, 15) is 15.0 Å². The molecule has 0 saturated heterocycles. The van der Waals surface area contributed by atoms with Crippen LogP contribution >= 0.6 is 11.6 Å². The molecule has 1 rings (SSSR count). The summed E-state index contributed by atoms with van der Waals surface area (Å²) >= 11 is 5.61. The Morgan fingerprint density at radius 3 is 2.82 bits per heavy atom. The lowest BCUT2D eigenvalue weighted by atomic mass is 10.1. The second kappa shape index (κ2) is 5.76. The van der Waals surface area contributed by atoms with Gasteiger partial charge in [-0.05, 0) is 0 Å². The largest absolute Gasteiger partial charge is 0.469 e. The Hall–Kier alpha value is -1.44. The standard InChI is InChI=1S/C9H12ClN3O4/c1-17-6(15)2-5(14)7(16)4-3-12-9(11)8(10)13-4/h3,5,7,14,16H,2H2,1H3,(H2,11,12). The van der Waals surface area contributed by atoms with Crippen LogP contribution in [0.5, 0.6) is 0 Å². The quantitative estimate of drug-likeness (QED) is 0.635. The maximum absolute atomic E-state index is 10.9. The van der Waals surface area contributed by atoms with E-state index in [0.717, 1.165) is 0 Å². The number of esters is 1. The molecule has 1 heterocycles. The third-order valence-electron chi connectivity index (χ3n) is 2.05. The first-order valence-electron chi connectivity index (χ1n) is 4.66. The monoisotopic (exact) mass is 261 g/mol. The molecule has 0 aliphatic heterocycles. The number of nitrogens with two attached hydrogens (primary N) is 1. The van der Waals surface area contributed by atoms with Crippen molar-refractivity contribution in [2.24, 2.45) is 0 Å². The second-order valence-electron chi connectivity index (χ2n) is 3.26. The van der Waals surface area contributed by atoms with Crippen LogP contribution in [0.15, 0.2) is 6.20 Å². The molecule has 0 aliphatic carbocycles. The fourth-order valence-electron chi connectivity index (χ4n) is 1.09. The van der Waals surface area contributed by atoms with E-state index in [1.807, 2.05) is 0 Å². The van der Waals surface area contributed by atoms with Crippen LogP contribution in [0.3, 0.4) is 0 Å². The van der Waals surface area contributed by atoms with Gasteiger partial charge in [-0.3, -0.25) is 4.79 Å². The first-order chi connectivity index (χ1) is 7.95. The summed E-state index contributed by atoms with van der Waals surface area (Å²) < 4.78 is 4.36. The molecule has 0 amide bonds. The van der Waals surface area contributed by atoms with Crippen molar-refractivity contribution in [2.75, 3.05) is 12.8 Å². The minimum atomic E-state index is -1.39. The van der Waals surface area contributed by atoms with Crippen molar-refractivity contribution in [3.8, 4) is 0 Å². The first-order valence-corrected chi connectivity index (χ1v) is 5.04. The number of carbonyl (C=O) groups is 1. The number of halogens is 1. The molecule has 0 fully saturated rings. The highest BCUT2D eigenvalue weighted by Crippen LogP contribution is 2.20. The van der Waals surface area contributed by atoms with Crippen LogP contribution in [0.4, 0.5) is 5.82 Å². The number of aliphatic hydroxyl groups is 2. The van der Waals surface area contributed by atoms with Gasteiger partial charge in [-0.1, -0.05) is 11.6 Å². The van der Waals surface area contributed by atoms with Crippen molar-refractivity contribution >= 4 is 23.4 Å². The fraction of sp³-hybridized carbons (Fsp3) is 0.444. The average molecular weight is 262 g/mol. The van der Waals surface area contributed by atoms with Gasteiger partial charge in [0.25, 0.3) is 0 Å². The van der Waals surface area contributed by atoms with Gasteiger partial charge in [0.2, 0.25) is 0 Å². The van der Waals surface area contributed by atoms with Crippen molar-refractivity contribution in [1.82, 2.24) is 9.97 Å². The van der Waals surface area contributed by atoms with Gasteiger partial charge in [0.15, 0.2) is 11.0 Å². The molecule has 2 atom stereocenters. The van der Waals surface area contributed by atoms with E-state index in [1.54, 1.807) is 0 Å². The predicted octanol–water partition coefficient (Wildman–Crippen LogP) is -0.330. The van der Waals surface area contributed by atoms with Gasteiger partial charge in [0.1, 0.15) is 6.10 Å². The van der Waals surface area contributed by atoms with Crippen LogP contribution in [-0.2, 0) is 9.53 Å². The molecule has 0 aliphatic rings. The number of rotatable bonds is 4. The van der Waals surface area contributed by atoms with Crippen LogP contribution in [-0.4, -0.2) is 39.4 Å². The maximum Gasteiger partial charge on any atom is 0.308 e. The molecule has 1 aromatic heterocycles. The van der Waals surface area contributed by atoms with Crippen LogP contribution in [0.2, 0.25) is 5.15 Å². The Kier molecular flexibility index (Phi) is 4.62. The number of hydrogen-bond acceptors (Lipinski definition) is 7. The van der Waals surface area contributed by atoms with Gasteiger partial charge in [0, 0.05) is 0 Å². The normalized spacial score (nSPS) is 14.1. The highest BCUT2D eigenvalue weighted by Gasteiger charge is 2.23. The highest BCUT2D eigenvalue weighted by atomic mass is 35.5. The molecule has 17 heavy (non-hydrogen) atoms. The number of hydrogen-bond donors (Lipinski definition) is 3. The molecule has 8 heteroatoms. The molecule has 0 radical (unpaired) electrons. The summed E-state index contributed by atoms with van der Waals surface area (Å²) in [6.07, 6.45) is -1.93. The minimum absolute atomic E-state index is 0.0186. The van der Waals surface area contributed by atoms with Gasteiger partial charge < -0.3 is 20.7 Å². The fourth-order valence-corrected chi connectivity index (χ4v) is 1.24. The molecule has 7 nitrogen and oxygen atoms in total. The van der Waals surface area contributed by atoms with Gasteiger partial charge in [0.05, 0.1) is 31.5 Å². The molecule has 0 saturated carbocycles. The van der Waals surface area contributed by atoms with Gasteiger partial charge >= 0.3 is 5.97 Å². The predicted molar refractivity (Wildman–Crippen MR) is 59.1 cm³/mol. The van der Waals surface area contributed by atoms with Crippen LogP contribution < -0.4 is 5.73 Å². The lowest BCUT2D eigenvalue weighted by Gasteiger charge is -2.16. The third-order valence-corrected chi connectivity index (χ3v) is 2.32. The molecule has 4 N–H and O–H groups in total. The average Bonchev–Trinajstić information content (AvgIpc) is 2.31.